The number of hydrogen-bond donors (Lipinski definition) is 2. The second-order valence-corrected chi connectivity index (χ2v) is 2.71. The van der Waals surface area contributed by atoms with E-state index in [-0.39, 0.29) is 18.2 Å². The largest absolute Gasteiger partial charge is 0.493 e. The first kappa shape index (κ1) is 13.6. The van der Waals surface area contributed by atoms with E-state index in [0.29, 0.717) is 23.7 Å². The number of rotatable bonds is 4. The first-order valence-electron chi connectivity index (χ1n) is 4.34. The Kier molecular flexibility index (Phi) is 5.56. The SMILES string of the molecule is CCOc1cc(C(=N)N)ccc1OC.Cl. The van der Waals surface area contributed by atoms with E-state index >= 15 is 0 Å². The van der Waals surface area contributed by atoms with Crippen LogP contribution in [-0.4, -0.2) is 19.6 Å². The number of methoxy groups -OCH3 is 1. The van der Waals surface area contributed by atoms with E-state index in [1.54, 1.807) is 25.3 Å². The zero-order valence-electron chi connectivity index (χ0n) is 8.74. The summed E-state index contributed by atoms with van der Waals surface area (Å²) in [4.78, 5) is 0. The van der Waals surface area contributed by atoms with Gasteiger partial charge < -0.3 is 15.2 Å². The number of halogens is 1. The molecular weight excluding hydrogens is 216 g/mol. The van der Waals surface area contributed by atoms with Gasteiger partial charge in [0.2, 0.25) is 0 Å². The van der Waals surface area contributed by atoms with Crippen molar-refractivity contribution in [1.82, 2.24) is 0 Å². The highest BCUT2D eigenvalue weighted by Crippen LogP contribution is 2.27. The molecule has 1 aromatic rings. The smallest absolute Gasteiger partial charge is 0.161 e. The van der Waals surface area contributed by atoms with Crippen LogP contribution in [0.5, 0.6) is 11.5 Å². The van der Waals surface area contributed by atoms with Crippen LogP contribution in [0.2, 0.25) is 0 Å². The minimum absolute atomic E-state index is 0. The average Bonchev–Trinajstić information content (AvgIpc) is 2.18. The lowest BCUT2D eigenvalue weighted by Crippen LogP contribution is -2.11. The van der Waals surface area contributed by atoms with Gasteiger partial charge in [0.25, 0.3) is 0 Å². The zero-order valence-corrected chi connectivity index (χ0v) is 9.56. The van der Waals surface area contributed by atoms with Crippen molar-refractivity contribution in [3.8, 4) is 11.5 Å². The van der Waals surface area contributed by atoms with Crippen LogP contribution in [0.4, 0.5) is 0 Å². The van der Waals surface area contributed by atoms with Gasteiger partial charge in [-0.25, -0.2) is 0 Å². The lowest BCUT2D eigenvalue weighted by Gasteiger charge is -2.10. The van der Waals surface area contributed by atoms with Crippen molar-refractivity contribution in [3.05, 3.63) is 23.8 Å². The van der Waals surface area contributed by atoms with E-state index in [4.69, 9.17) is 20.6 Å². The van der Waals surface area contributed by atoms with Crippen molar-refractivity contribution in [1.29, 1.82) is 5.41 Å². The number of nitrogens with one attached hydrogen (secondary N) is 1. The maximum Gasteiger partial charge on any atom is 0.161 e. The molecule has 1 rings (SSSR count). The fourth-order valence-corrected chi connectivity index (χ4v) is 1.11. The Bertz CT molecular complexity index is 342. The minimum atomic E-state index is 0. The number of amidine groups is 1. The summed E-state index contributed by atoms with van der Waals surface area (Å²) in [5, 5.41) is 7.27. The van der Waals surface area contributed by atoms with Crippen molar-refractivity contribution in [3.63, 3.8) is 0 Å². The maximum absolute atomic E-state index is 7.27. The average molecular weight is 231 g/mol. The molecule has 15 heavy (non-hydrogen) atoms. The van der Waals surface area contributed by atoms with Gasteiger partial charge in [-0.3, -0.25) is 5.41 Å². The normalized spacial score (nSPS) is 8.93. The van der Waals surface area contributed by atoms with Crippen molar-refractivity contribution >= 4 is 18.2 Å². The Morgan fingerprint density at radius 2 is 2.07 bits per heavy atom. The van der Waals surface area contributed by atoms with Crippen LogP contribution in [-0.2, 0) is 0 Å². The Balaban J connectivity index is 0.00000196. The summed E-state index contributed by atoms with van der Waals surface area (Å²) in [6.07, 6.45) is 0. The molecule has 0 spiro atoms. The predicted molar refractivity (Wildman–Crippen MR) is 62.4 cm³/mol. The lowest BCUT2D eigenvalue weighted by atomic mass is 10.2. The molecule has 0 bridgehead atoms. The molecule has 0 amide bonds. The Morgan fingerprint density at radius 1 is 1.40 bits per heavy atom. The van der Waals surface area contributed by atoms with Gasteiger partial charge in [0.15, 0.2) is 11.5 Å². The van der Waals surface area contributed by atoms with Crippen LogP contribution < -0.4 is 15.2 Å². The predicted octanol–water partition coefficient (Wildman–Crippen LogP) is 1.80. The second-order valence-electron chi connectivity index (χ2n) is 2.71. The Labute approximate surface area is 95.3 Å². The third-order valence-corrected chi connectivity index (χ3v) is 1.77. The minimum Gasteiger partial charge on any atom is -0.493 e. The van der Waals surface area contributed by atoms with Gasteiger partial charge in [-0.2, -0.15) is 0 Å². The summed E-state index contributed by atoms with van der Waals surface area (Å²) in [6, 6.07) is 5.16. The molecule has 3 N–H and O–H groups in total. The molecule has 5 heteroatoms. The lowest BCUT2D eigenvalue weighted by molar-refractivity contribution is 0.311. The van der Waals surface area contributed by atoms with Gasteiger partial charge in [-0.15, -0.1) is 12.4 Å². The highest BCUT2D eigenvalue weighted by atomic mass is 35.5. The van der Waals surface area contributed by atoms with E-state index in [1.807, 2.05) is 6.92 Å². The fraction of sp³-hybridized carbons (Fsp3) is 0.300. The summed E-state index contributed by atoms with van der Waals surface area (Å²) in [6.45, 7) is 2.44. The van der Waals surface area contributed by atoms with Gasteiger partial charge in [0.05, 0.1) is 13.7 Å². The van der Waals surface area contributed by atoms with Crippen molar-refractivity contribution < 1.29 is 9.47 Å². The van der Waals surface area contributed by atoms with Crippen LogP contribution in [0.1, 0.15) is 12.5 Å². The molecule has 0 aromatic heterocycles. The second kappa shape index (κ2) is 6.14. The van der Waals surface area contributed by atoms with Gasteiger partial charge in [0.1, 0.15) is 5.84 Å². The Morgan fingerprint density at radius 3 is 2.53 bits per heavy atom. The van der Waals surface area contributed by atoms with Crippen molar-refractivity contribution in [2.75, 3.05) is 13.7 Å². The molecule has 0 radical (unpaired) electrons. The topological polar surface area (TPSA) is 68.3 Å². The number of ether oxygens (including phenoxy) is 2. The number of benzene rings is 1. The molecule has 0 atom stereocenters. The van der Waals surface area contributed by atoms with E-state index in [1.165, 1.54) is 0 Å². The van der Waals surface area contributed by atoms with E-state index in [9.17, 15) is 0 Å². The van der Waals surface area contributed by atoms with Crippen LogP contribution >= 0.6 is 12.4 Å². The van der Waals surface area contributed by atoms with Crippen LogP contribution in [0.25, 0.3) is 0 Å². The first-order chi connectivity index (χ1) is 6.69. The molecular formula is C10H15ClN2O2. The van der Waals surface area contributed by atoms with Gasteiger partial charge in [-0.05, 0) is 25.1 Å². The summed E-state index contributed by atoms with van der Waals surface area (Å²) in [5.74, 6) is 1.29. The van der Waals surface area contributed by atoms with Crippen molar-refractivity contribution in [2.24, 2.45) is 5.73 Å². The standard InChI is InChI=1S/C10H14N2O2.ClH/c1-3-14-9-6-7(10(11)12)4-5-8(9)13-2;/h4-6H,3H2,1-2H3,(H3,11,12);1H. The molecule has 84 valence electrons. The summed E-state index contributed by atoms with van der Waals surface area (Å²) >= 11 is 0. The number of hydrogen-bond acceptors (Lipinski definition) is 3. The number of nitrogens with two attached hydrogens (primary N) is 1. The highest BCUT2D eigenvalue weighted by molar-refractivity contribution is 5.95. The van der Waals surface area contributed by atoms with E-state index in [0.717, 1.165) is 0 Å². The molecule has 0 unspecified atom stereocenters. The molecule has 0 aliphatic heterocycles. The zero-order chi connectivity index (χ0) is 10.6. The molecule has 0 saturated carbocycles. The Hall–Kier alpha value is -1.42. The van der Waals surface area contributed by atoms with E-state index in [2.05, 4.69) is 0 Å². The fourth-order valence-electron chi connectivity index (χ4n) is 1.11. The van der Waals surface area contributed by atoms with Gasteiger partial charge in [-0.1, -0.05) is 0 Å². The van der Waals surface area contributed by atoms with Crippen LogP contribution in [0.3, 0.4) is 0 Å². The van der Waals surface area contributed by atoms with Gasteiger partial charge >= 0.3 is 0 Å². The summed E-state index contributed by atoms with van der Waals surface area (Å²) < 4.78 is 10.4. The monoisotopic (exact) mass is 230 g/mol. The molecule has 4 nitrogen and oxygen atoms in total. The first-order valence-corrected chi connectivity index (χ1v) is 4.34. The molecule has 1 aromatic carbocycles. The van der Waals surface area contributed by atoms with Gasteiger partial charge in [0, 0.05) is 5.56 Å². The molecule has 0 fully saturated rings. The highest BCUT2D eigenvalue weighted by Gasteiger charge is 2.06. The molecule has 0 heterocycles. The van der Waals surface area contributed by atoms with Crippen LogP contribution in [0, 0.1) is 5.41 Å². The molecule has 0 saturated heterocycles. The quantitative estimate of drug-likeness (QED) is 0.612. The summed E-state index contributed by atoms with van der Waals surface area (Å²) in [7, 11) is 1.57. The third kappa shape index (κ3) is 3.32. The van der Waals surface area contributed by atoms with E-state index < -0.39 is 0 Å². The number of nitrogen functional groups attached to an aromatic ring is 1. The maximum atomic E-state index is 7.27. The third-order valence-electron chi connectivity index (χ3n) is 1.77. The molecule has 0 aliphatic carbocycles. The van der Waals surface area contributed by atoms with Crippen LogP contribution in [0.15, 0.2) is 18.2 Å². The molecule has 0 aliphatic rings. The van der Waals surface area contributed by atoms with Crippen molar-refractivity contribution in [2.45, 2.75) is 6.92 Å². The summed E-state index contributed by atoms with van der Waals surface area (Å²) in [5.41, 5.74) is 5.99.